The number of benzene rings is 2. The van der Waals surface area contributed by atoms with Gasteiger partial charge in [-0.05, 0) is 31.2 Å². The molecule has 6 nitrogen and oxygen atoms in total. The first-order chi connectivity index (χ1) is 12.6. The number of carbonyl (C=O) groups is 2. The average Bonchev–Trinajstić information content (AvgIpc) is 2.98. The van der Waals surface area contributed by atoms with Crippen molar-refractivity contribution < 1.29 is 9.59 Å². The Labute approximate surface area is 155 Å². The summed E-state index contributed by atoms with van der Waals surface area (Å²) in [5, 5.41) is 3.58. The number of aromatic nitrogens is 2. The number of H-pyrrole nitrogens is 1. The number of para-hydroxylation sites is 4. The van der Waals surface area contributed by atoms with E-state index in [1.807, 2.05) is 55.5 Å². The van der Waals surface area contributed by atoms with Crippen LogP contribution in [0.1, 0.15) is 13.3 Å². The predicted molar refractivity (Wildman–Crippen MR) is 103 cm³/mol. The van der Waals surface area contributed by atoms with Crippen LogP contribution in [-0.4, -0.2) is 33.6 Å². The van der Waals surface area contributed by atoms with Crippen molar-refractivity contribution >= 4 is 46.0 Å². The van der Waals surface area contributed by atoms with Gasteiger partial charge in [-0.25, -0.2) is 4.98 Å². The Kier molecular flexibility index (Phi) is 4.38. The second kappa shape index (κ2) is 6.84. The first-order valence-electron chi connectivity index (χ1n) is 8.40. The lowest BCUT2D eigenvalue weighted by Gasteiger charge is -2.27. The van der Waals surface area contributed by atoms with Gasteiger partial charge in [0, 0.05) is 12.5 Å². The van der Waals surface area contributed by atoms with Gasteiger partial charge in [0.05, 0.1) is 28.2 Å². The monoisotopic (exact) mass is 366 g/mol. The van der Waals surface area contributed by atoms with Gasteiger partial charge in [0.1, 0.15) is 0 Å². The summed E-state index contributed by atoms with van der Waals surface area (Å²) in [6.45, 7) is 1.89. The molecule has 0 bridgehead atoms. The molecule has 0 saturated carbocycles. The number of hydrogen-bond acceptors (Lipinski definition) is 4. The summed E-state index contributed by atoms with van der Waals surface area (Å²) in [6.07, 6.45) is 0.274. The molecule has 0 spiro atoms. The summed E-state index contributed by atoms with van der Waals surface area (Å²) in [7, 11) is 0. The maximum absolute atomic E-state index is 12.9. The summed E-state index contributed by atoms with van der Waals surface area (Å²) < 4.78 is 0. The predicted octanol–water partition coefficient (Wildman–Crippen LogP) is 3.42. The number of amides is 2. The normalized spacial score (nSPS) is 16.9. The van der Waals surface area contributed by atoms with Gasteiger partial charge in [-0.15, -0.1) is 0 Å². The minimum atomic E-state index is -0.206. The lowest BCUT2D eigenvalue weighted by atomic mass is 10.2. The summed E-state index contributed by atoms with van der Waals surface area (Å²) >= 11 is 1.37. The van der Waals surface area contributed by atoms with Crippen LogP contribution >= 0.6 is 11.8 Å². The topological polar surface area (TPSA) is 78.1 Å². The van der Waals surface area contributed by atoms with Crippen LogP contribution in [0, 0.1) is 0 Å². The molecule has 7 heteroatoms. The van der Waals surface area contributed by atoms with E-state index in [4.69, 9.17) is 0 Å². The van der Waals surface area contributed by atoms with Gasteiger partial charge in [-0.1, -0.05) is 36.0 Å². The van der Waals surface area contributed by atoms with Crippen molar-refractivity contribution in [2.45, 2.75) is 24.5 Å². The van der Waals surface area contributed by atoms with E-state index in [1.165, 1.54) is 11.8 Å². The molecule has 26 heavy (non-hydrogen) atoms. The quantitative estimate of drug-likeness (QED) is 0.696. The van der Waals surface area contributed by atoms with E-state index in [0.29, 0.717) is 10.8 Å². The highest BCUT2D eigenvalue weighted by Crippen LogP contribution is 2.32. The van der Waals surface area contributed by atoms with Crippen LogP contribution in [0.4, 0.5) is 11.4 Å². The number of aromatic amines is 1. The molecule has 1 atom stereocenters. The van der Waals surface area contributed by atoms with Crippen molar-refractivity contribution in [1.29, 1.82) is 0 Å². The van der Waals surface area contributed by atoms with Gasteiger partial charge < -0.3 is 15.2 Å². The van der Waals surface area contributed by atoms with Gasteiger partial charge in [0.2, 0.25) is 11.8 Å². The third kappa shape index (κ3) is 3.17. The number of carbonyl (C=O) groups excluding carboxylic acids is 2. The van der Waals surface area contributed by atoms with E-state index in [9.17, 15) is 9.59 Å². The van der Waals surface area contributed by atoms with Crippen LogP contribution in [0.3, 0.4) is 0 Å². The maximum Gasteiger partial charge on any atom is 0.237 e. The van der Waals surface area contributed by atoms with Crippen LogP contribution < -0.4 is 10.2 Å². The first-order valence-corrected chi connectivity index (χ1v) is 9.39. The van der Waals surface area contributed by atoms with Crippen LogP contribution in [-0.2, 0) is 9.59 Å². The number of fused-ring (bicyclic) bond motifs is 2. The molecule has 2 heterocycles. The molecular weight excluding hydrogens is 348 g/mol. The van der Waals surface area contributed by atoms with Crippen molar-refractivity contribution in [2.24, 2.45) is 0 Å². The SMILES string of the molecule is C[C@H]1CC(=O)Nc2ccccc2N1C(=O)CSc1nc2ccccc2[nH]1. The molecule has 4 rings (SSSR count). The van der Waals surface area contributed by atoms with Crippen molar-refractivity contribution in [2.75, 3.05) is 16.0 Å². The Morgan fingerprint density at radius 1 is 1.23 bits per heavy atom. The number of rotatable bonds is 3. The van der Waals surface area contributed by atoms with Crippen molar-refractivity contribution in [3.8, 4) is 0 Å². The van der Waals surface area contributed by atoms with Crippen molar-refractivity contribution in [1.82, 2.24) is 9.97 Å². The molecule has 2 amide bonds. The molecule has 1 aliphatic rings. The zero-order chi connectivity index (χ0) is 18.1. The van der Waals surface area contributed by atoms with Crippen LogP contribution in [0.25, 0.3) is 11.0 Å². The fourth-order valence-electron chi connectivity index (χ4n) is 3.17. The Morgan fingerprint density at radius 2 is 2.00 bits per heavy atom. The molecule has 1 aromatic heterocycles. The Balaban J connectivity index is 1.55. The summed E-state index contributed by atoms with van der Waals surface area (Å²) in [6, 6.07) is 15.0. The number of hydrogen-bond donors (Lipinski definition) is 2. The zero-order valence-corrected chi connectivity index (χ0v) is 15.0. The first kappa shape index (κ1) is 16.7. The molecular formula is C19H18N4O2S. The number of imidazole rings is 1. The average molecular weight is 366 g/mol. The molecule has 3 aromatic rings. The molecule has 132 valence electrons. The highest BCUT2D eigenvalue weighted by atomic mass is 32.2. The summed E-state index contributed by atoms with van der Waals surface area (Å²) in [5.41, 5.74) is 3.24. The van der Waals surface area contributed by atoms with Gasteiger partial charge in [0.15, 0.2) is 5.16 Å². The Morgan fingerprint density at radius 3 is 2.85 bits per heavy atom. The zero-order valence-electron chi connectivity index (χ0n) is 14.2. The minimum absolute atomic E-state index is 0.0492. The molecule has 2 aromatic carbocycles. The number of nitrogens with one attached hydrogen (secondary N) is 2. The van der Waals surface area contributed by atoms with E-state index >= 15 is 0 Å². The smallest absolute Gasteiger partial charge is 0.237 e. The van der Waals surface area contributed by atoms with E-state index < -0.39 is 0 Å². The van der Waals surface area contributed by atoms with E-state index in [0.717, 1.165) is 16.7 Å². The fraction of sp³-hybridized carbons (Fsp3) is 0.211. The fourth-order valence-corrected chi connectivity index (χ4v) is 3.91. The maximum atomic E-state index is 12.9. The second-order valence-electron chi connectivity index (χ2n) is 6.23. The van der Waals surface area contributed by atoms with Crippen molar-refractivity contribution in [3.63, 3.8) is 0 Å². The molecule has 0 fully saturated rings. The Bertz CT molecular complexity index is 951. The summed E-state index contributed by atoms with van der Waals surface area (Å²) in [4.78, 5) is 34.4. The van der Waals surface area contributed by atoms with Gasteiger partial charge in [0.25, 0.3) is 0 Å². The third-order valence-corrected chi connectivity index (χ3v) is 5.19. The largest absolute Gasteiger partial charge is 0.333 e. The summed E-state index contributed by atoms with van der Waals surface area (Å²) in [5.74, 6) is 0.115. The molecule has 0 aliphatic carbocycles. The molecule has 0 radical (unpaired) electrons. The lowest BCUT2D eigenvalue weighted by Crippen LogP contribution is -2.40. The van der Waals surface area contributed by atoms with Crippen LogP contribution in [0.2, 0.25) is 0 Å². The van der Waals surface area contributed by atoms with Crippen LogP contribution in [0.5, 0.6) is 0 Å². The Hall–Kier alpha value is -2.80. The molecule has 1 aliphatic heterocycles. The number of nitrogens with zero attached hydrogens (tertiary/aromatic N) is 2. The molecule has 0 saturated heterocycles. The molecule has 2 N–H and O–H groups in total. The minimum Gasteiger partial charge on any atom is -0.333 e. The van der Waals surface area contributed by atoms with Crippen LogP contribution in [0.15, 0.2) is 53.7 Å². The highest BCUT2D eigenvalue weighted by molar-refractivity contribution is 7.99. The van der Waals surface area contributed by atoms with E-state index in [1.54, 1.807) is 4.90 Å². The van der Waals surface area contributed by atoms with E-state index in [-0.39, 0.29) is 30.0 Å². The number of anilines is 2. The second-order valence-corrected chi connectivity index (χ2v) is 7.19. The highest BCUT2D eigenvalue weighted by Gasteiger charge is 2.29. The lowest BCUT2D eigenvalue weighted by molar-refractivity contribution is -0.117. The third-order valence-electron chi connectivity index (χ3n) is 4.33. The van der Waals surface area contributed by atoms with Gasteiger partial charge >= 0.3 is 0 Å². The standard InChI is InChI=1S/C19H18N4O2S/c1-12-10-17(24)20-15-8-4-5-9-16(15)23(12)18(25)11-26-19-21-13-6-2-3-7-14(13)22-19/h2-9,12H,10-11H2,1H3,(H,20,24)(H,21,22)/t12-/m0/s1. The van der Waals surface area contributed by atoms with Crippen molar-refractivity contribution in [3.05, 3.63) is 48.5 Å². The van der Waals surface area contributed by atoms with E-state index in [2.05, 4.69) is 15.3 Å². The number of thioether (sulfide) groups is 1. The van der Waals surface area contributed by atoms with Gasteiger partial charge in [-0.3, -0.25) is 9.59 Å². The molecule has 0 unspecified atom stereocenters. The van der Waals surface area contributed by atoms with Gasteiger partial charge in [-0.2, -0.15) is 0 Å².